The lowest BCUT2D eigenvalue weighted by atomic mass is 10.2. The third kappa shape index (κ3) is 0.916. The molecule has 0 bridgehead atoms. The van der Waals surface area contributed by atoms with Gasteiger partial charge in [0, 0.05) is 12.2 Å². The van der Waals surface area contributed by atoms with Crippen LogP contribution in [0.1, 0.15) is 12.5 Å². The maximum absolute atomic E-state index is 11.4. The zero-order valence-electron chi connectivity index (χ0n) is 7.00. The van der Waals surface area contributed by atoms with Gasteiger partial charge in [-0.1, -0.05) is 12.1 Å². The summed E-state index contributed by atoms with van der Waals surface area (Å²) < 4.78 is 0. The zero-order valence-corrected chi connectivity index (χ0v) is 7.00. The van der Waals surface area contributed by atoms with Crippen molar-refractivity contribution in [1.29, 1.82) is 0 Å². The van der Waals surface area contributed by atoms with E-state index >= 15 is 0 Å². The molecular weight excluding hydrogens is 150 g/mol. The van der Waals surface area contributed by atoms with Crippen LogP contribution in [0.5, 0.6) is 0 Å². The van der Waals surface area contributed by atoms with Crippen molar-refractivity contribution in [1.82, 2.24) is 0 Å². The largest absolute Gasteiger partial charge is 0.312 e. The summed E-state index contributed by atoms with van der Waals surface area (Å²) >= 11 is 0. The van der Waals surface area contributed by atoms with Crippen molar-refractivity contribution in [3.63, 3.8) is 0 Å². The lowest BCUT2D eigenvalue weighted by molar-refractivity contribution is -0.117. The summed E-state index contributed by atoms with van der Waals surface area (Å²) in [6.07, 6.45) is 0.518. The summed E-state index contributed by atoms with van der Waals surface area (Å²) in [4.78, 5) is 13.2. The summed E-state index contributed by atoms with van der Waals surface area (Å²) in [5, 5.41) is 0. The molecule has 1 aliphatic rings. The van der Waals surface area contributed by atoms with Crippen molar-refractivity contribution in [2.75, 3.05) is 11.4 Å². The van der Waals surface area contributed by atoms with E-state index in [0.717, 1.165) is 17.8 Å². The van der Waals surface area contributed by atoms with Crippen LogP contribution in [0, 0.1) is 6.07 Å². The Morgan fingerprint density at radius 1 is 1.67 bits per heavy atom. The molecule has 0 N–H and O–H groups in total. The Morgan fingerprint density at radius 3 is 3.25 bits per heavy atom. The monoisotopic (exact) mass is 160 g/mol. The molecule has 2 rings (SSSR count). The second-order valence-corrected chi connectivity index (χ2v) is 2.85. The van der Waals surface area contributed by atoms with E-state index < -0.39 is 0 Å². The van der Waals surface area contributed by atoms with Gasteiger partial charge in [-0.05, 0) is 24.6 Å². The van der Waals surface area contributed by atoms with Crippen LogP contribution < -0.4 is 4.90 Å². The number of anilines is 1. The maximum Gasteiger partial charge on any atom is 0.231 e. The van der Waals surface area contributed by atoms with Gasteiger partial charge in [0.1, 0.15) is 0 Å². The molecule has 1 aromatic rings. The number of hydrogen-bond acceptors (Lipinski definition) is 1. The van der Waals surface area contributed by atoms with E-state index in [2.05, 4.69) is 6.07 Å². The number of nitrogens with zero attached hydrogens (tertiary/aromatic N) is 1. The molecule has 1 heterocycles. The van der Waals surface area contributed by atoms with Crippen LogP contribution >= 0.6 is 0 Å². The fourth-order valence-electron chi connectivity index (χ4n) is 1.58. The van der Waals surface area contributed by atoms with Gasteiger partial charge in [0.25, 0.3) is 0 Å². The highest BCUT2D eigenvalue weighted by Gasteiger charge is 2.24. The fourth-order valence-corrected chi connectivity index (χ4v) is 1.58. The minimum atomic E-state index is 0.190. The minimum Gasteiger partial charge on any atom is -0.312 e. The summed E-state index contributed by atoms with van der Waals surface area (Å²) in [5.74, 6) is 0.190. The van der Waals surface area contributed by atoms with Gasteiger partial charge in [-0.3, -0.25) is 4.79 Å². The van der Waals surface area contributed by atoms with E-state index in [-0.39, 0.29) is 5.91 Å². The van der Waals surface area contributed by atoms with Gasteiger partial charge in [-0.2, -0.15) is 0 Å². The third-order valence-electron chi connectivity index (χ3n) is 2.15. The molecule has 2 heteroatoms. The third-order valence-corrected chi connectivity index (χ3v) is 2.15. The molecule has 2 nitrogen and oxygen atoms in total. The summed E-state index contributed by atoms with van der Waals surface area (Å²) in [6.45, 7) is 2.74. The molecular formula is C10H10NO. The van der Waals surface area contributed by atoms with Crippen LogP contribution in [0.4, 0.5) is 5.69 Å². The van der Waals surface area contributed by atoms with Crippen molar-refractivity contribution in [3.8, 4) is 0 Å². The van der Waals surface area contributed by atoms with Crippen LogP contribution in [0.15, 0.2) is 18.2 Å². The molecule has 0 saturated heterocycles. The second-order valence-electron chi connectivity index (χ2n) is 2.85. The number of rotatable bonds is 1. The highest BCUT2D eigenvalue weighted by Crippen LogP contribution is 2.27. The average molecular weight is 160 g/mol. The van der Waals surface area contributed by atoms with Gasteiger partial charge in [0.05, 0.1) is 6.42 Å². The zero-order chi connectivity index (χ0) is 8.55. The maximum atomic E-state index is 11.4. The minimum absolute atomic E-state index is 0.190. The van der Waals surface area contributed by atoms with Crippen molar-refractivity contribution < 1.29 is 4.79 Å². The number of fused-ring (bicyclic) bond motifs is 1. The molecule has 0 aromatic heterocycles. The Hall–Kier alpha value is -1.31. The van der Waals surface area contributed by atoms with Gasteiger partial charge in [0.2, 0.25) is 5.91 Å². The number of benzene rings is 1. The van der Waals surface area contributed by atoms with E-state index in [1.807, 2.05) is 25.1 Å². The standard InChI is InChI=1S/C10H10NO/c1-2-11-9-6-4-3-5-8(9)7-10(11)12/h3-4,6H,2,7H2,1H3. The molecule has 1 amide bonds. The first-order chi connectivity index (χ1) is 5.83. The first-order valence-electron chi connectivity index (χ1n) is 4.13. The molecule has 0 fully saturated rings. The van der Waals surface area contributed by atoms with Crippen LogP contribution in [0.2, 0.25) is 0 Å². The molecule has 0 saturated carbocycles. The number of amides is 1. The van der Waals surface area contributed by atoms with Crippen LogP contribution in [-0.4, -0.2) is 12.5 Å². The fraction of sp³-hybridized carbons (Fsp3) is 0.300. The van der Waals surface area contributed by atoms with Gasteiger partial charge in [-0.25, -0.2) is 0 Å². The van der Waals surface area contributed by atoms with Crippen molar-refractivity contribution >= 4 is 11.6 Å². The molecule has 0 spiro atoms. The topological polar surface area (TPSA) is 20.3 Å². The van der Waals surface area contributed by atoms with Crippen LogP contribution in [0.3, 0.4) is 0 Å². The van der Waals surface area contributed by atoms with Gasteiger partial charge in [-0.15, -0.1) is 0 Å². The lowest BCUT2D eigenvalue weighted by Crippen LogP contribution is -2.25. The predicted molar refractivity (Wildman–Crippen MR) is 47.0 cm³/mol. The molecule has 1 aromatic carbocycles. The van der Waals surface area contributed by atoms with Crippen molar-refractivity contribution in [3.05, 3.63) is 29.8 Å². The summed E-state index contributed by atoms with van der Waals surface area (Å²) in [7, 11) is 0. The Bertz CT molecular complexity index is 319. The Labute approximate surface area is 71.8 Å². The van der Waals surface area contributed by atoms with E-state index in [1.165, 1.54) is 0 Å². The van der Waals surface area contributed by atoms with E-state index in [0.29, 0.717) is 6.42 Å². The SMILES string of the molecule is CCN1C(=O)Cc2[c]cccc21. The van der Waals surface area contributed by atoms with E-state index in [1.54, 1.807) is 4.90 Å². The summed E-state index contributed by atoms with van der Waals surface area (Å²) in [5.41, 5.74) is 2.06. The molecule has 0 aliphatic carbocycles. The second kappa shape index (κ2) is 2.63. The Balaban J connectivity index is 2.47. The normalized spacial score (nSPS) is 15.1. The first kappa shape index (κ1) is 7.35. The van der Waals surface area contributed by atoms with Gasteiger partial charge in [0.15, 0.2) is 0 Å². The molecule has 12 heavy (non-hydrogen) atoms. The molecule has 1 aliphatic heterocycles. The first-order valence-corrected chi connectivity index (χ1v) is 4.13. The lowest BCUT2D eigenvalue weighted by Gasteiger charge is -2.13. The Morgan fingerprint density at radius 2 is 2.50 bits per heavy atom. The molecule has 1 radical (unpaired) electrons. The highest BCUT2D eigenvalue weighted by molar-refractivity contribution is 6.01. The highest BCUT2D eigenvalue weighted by atomic mass is 16.2. The quantitative estimate of drug-likeness (QED) is 0.608. The van der Waals surface area contributed by atoms with Crippen LogP contribution in [0.25, 0.3) is 0 Å². The average Bonchev–Trinajstić information content (AvgIpc) is 2.40. The number of carbonyl (C=O) groups is 1. The van der Waals surface area contributed by atoms with Gasteiger partial charge < -0.3 is 4.90 Å². The Kier molecular flexibility index (Phi) is 1.61. The van der Waals surface area contributed by atoms with Crippen LogP contribution in [-0.2, 0) is 11.2 Å². The van der Waals surface area contributed by atoms with E-state index in [4.69, 9.17) is 0 Å². The molecule has 61 valence electrons. The van der Waals surface area contributed by atoms with E-state index in [9.17, 15) is 4.79 Å². The van der Waals surface area contributed by atoms with Crippen molar-refractivity contribution in [2.24, 2.45) is 0 Å². The molecule has 0 atom stereocenters. The number of carbonyl (C=O) groups excluding carboxylic acids is 1. The van der Waals surface area contributed by atoms with Crippen molar-refractivity contribution in [2.45, 2.75) is 13.3 Å². The number of hydrogen-bond donors (Lipinski definition) is 0. The summed E-state index contributed by atoms with van der Waals surface area (Å²) in [6, 6.07) is 8.82. The predicted octanol–water partition coefficient (Wildman–Crippen LogP) is 1.40. The number of likely N-dealkylation sites (N-methyl/N-ethyl adjacent to an activating group) is 1. The smallest absolute Gasteiger partial charge is 0.231 e. The van der Waals surface area contributed by atoms with Gasteiger partial charge >= 0.3 is 0 Å². The molecule has 0 unspecified atom stereocenters.